The molecule has 0 aromatic carbocycles. The number of aliphatic hydroxyl groups is 1. The molecule has 0 spiro atoms. The van der Waals surface area contributed by atoms with Crippen molar-refractivity contribution in [3.05, 3.63) is 24.2 Å². The van der Waals surface area contributed by atoms with Crippen molar-refractivity contribution in [2.75, 3.05) is 26.2 Å². The lowest BCUT2D eigenvalue weighted by atomic mass is 10.1. The zero-order valence-electron chi connectivity index (χ0n) is 11.9. The summed E-state index contributed by atoms with van der Waals surface area (Å²) < 4.78 is 5.25. The summed E-state index contributed by atoms with van der Waals surface area (Å²) in [5.41, 5.74) is 0. The van der Waals surface area contributed by atoms with Crippen LogP contribution in [-0.4, -0.2) is 53.0 Å². The van der Waals surface area contributed by atoms with Crippen LogP contribution < -0.4 is 0 Å². The van der Waals surface area contributed by atoms with Crippen LogP contribution in [0.5, 0.6) is 0 Å². The van der Waals surface area contributed by atoms with Gasteiger partial charge < -0.3 is 19.3 Å². The highest BCUT2D eigenvalue weighted by atomic mass is 16.3. The first-order valence-corrected chi connectivity index (χ1v) is 7.37. The molecule has 21 heavy (non-hydrogen) atoms. The molecular formula is C15H20N2O4. The van der Waals surface area contributed by atoms with Crippen LogP contribution in [0.2, 0.25) is 0 Å². The van der Waals surface area contributed by atoms with Crippen LogP contribution in [0.15, 0.2) is 22.8 Å². The molecule has 2 atom stereocenters. The van der Waals surface area contributed by atoms with Gasteiger partial charge in [0.25, 0.3) is 0 Å². The number of carbonyl (C=O) groups excluding carboxylic acids is 2. The highest BCUT2D eigenvalue weighted by Crippen LogP contribution is 2.25. The Labute approximate surface area is 123 Å². The summed E-state index contributed by atoms with van der Waals surface area (Å²) in [4.78, 5) is 27.9. The van der Waals surface area contributed by atoms with E-state index in [1.807, 2.05) is 6.07 Å². The van der Waals surface area contributed by atoms with Crippen molar-refractivity contribution in [3.8, 4) is 0 Å². The number of amides is 2. The molecule has 2 aliphatic heterocycles. The lowest BCUT2D eigenvalue weighted by Gasteiger charge is -2.20. The fraction of sp³-hybridized carbons (Fsp3) is 0.600. The molecule has 6 nitrogen and oxygen atoms in total. The second kappa shape index (κ2) is 5.89. The second-order valence-corrected chi connectivity index (χ2v) is 5.88. The van der Waals surface area contributed by atoms with Gasteiger partial charge in [-0.1, -0.05) is 0 Å². The molecule has 0 saturated carbocycles. The number of nitrogens with zero attached hydrogens (tertiary/aromatic N) is 2. The summed E-state index contributed by atoms with van der Waals surface area (Å²) >= 11 is 0. The standard InChI is InChI=1S/C15H20N2O4/c18-10-11-3-4-16(7-11)15(20)12-6-14(19)17(8-12)9-13-2-1-5-21-13/h1-2,5,11-12,18H,3-4,6-10H2. The lowest BCUT2D eigenvalue weighted by Crippen LogP contribution is -2.36. The van der Waals surface area contributed by atoms with Crippen LogP contribution in [0.25, 0.3) is 0 Å². The maximum Gasteiger partial charge on any atom is 0.228 e. The molecule has 6 heteroatoms. The molecule has 0 radical (unpaired) electrons. The number of likely N-dealkylation sites (tertiary alicyclic amines) is 2. The summed E-state index contributed by atoms with van der Waals surface area (Å²) in [5, 5.41) is 9.15. The highest BCUT2D eigenvalue weighted by molar-refractivity contribution is 5.89. The minimum absolute atomic E-state index is 0.00246. The quantitative estimate of drug-likeness (QED) is 0.875. The van der Waals surface area contributed by atoms with Crippen molar-refractivity contribution < 1.29 is 19.1 Å². The van der Waals surface area contributed by atoms with Gasteiger partial charge in [0, 0.05) is 38.6 Å². The van der Waals surface area contributed by atoms with Gasteiger partial charge in [0.05, 0.1) is 18.7 Å². The van der Waals surface area contributed by atoms with Crippen LogP contribution >= 0.6 is 0 Å². The number of furan rings is 1. The summed E-state index contributed by atoms with van der Waals surface area (Å²) in [7, 11) is 0. The van der Waals surface area contributed by atoms with Gasteiger partial charge in [0.1, 0.15) is 5.76 Å². The van der Waals surface area contributed by atoms with E-state index in [0.29, 0.717) is 26.2 Å². The van der Waals surface area contributed by atoms with Crippen molar-refractivity contribution in [2.24, 2.45) is 11.8 Å². The summed E-state index contributed by atoms with van der Waals surface area (Å²) in [6.45, 7) is 2.30. The van der Waals surface area contributed by atoms with E-state index in [1.54, 1.807) is 22.1 Å². The van der Waals surface area contributed by atoms with E-state index in [2.05, 4.69) is 0 Å². The molecule has 2 aliphatic rings. The Morgan fingerprint density at radius 2 is 2.29 bits per heavy atom. The van der Waals surface area contributed by atoms with E-state index < -0.39 is 0 Å². The molecule has 1 aromatic rings. The Kier molecular flexibility index (Phi) is 3.96. The monoisotopic (exact) mass is 292 g/mol. The maximum atomic E-state index is 12.4. The van der Waals surface area contributed by atoms with Crippen molar-refractivity contribution in [1.82, 2.24) is 9.80 Å². The first kappa shape index (κ1) is 14.1. The average molecular weight is 292 g/mol. The van der Waals surface area contributed by atoms with E-state index in [-0.39, 0.29) is 36.7 Å². The number of aliphatic hydroxyl groups excluding tert-OH is 1. The van der Waals surface area contributed by atoms with Gasteiger partial charge in [-0.05, 0) is 18.6 Å². The van der Waals surface area contributed by atoms with Crippen LogP contribution in [0, 0.1) is 11.8 Å². The minimum atomic E-state index is -0.259. The van der Waals surface area contributed by atoms with Crippen molar-refractivity contribution in [2.45, 2.75) is 19.4 Å². The molecule has 2 unspecified atom stereocenters. The second-order valence-electron chi connectivity index (χ2n) is 5.88. The molecule has 3 heterocycles. The van der Waals surface area contributed by atoms with E-state index in [9.17, 15) is 9.59 Å². The van der Waals surface area contributed by atoms with E-state index >= 15 is 0 Å². The Balaban J connectivity index is 1.58. The van der Waals surface area contributed by atoms with Crippen molar-refractivity contribution in [1.29, 1.82) is 0 Å². The number of hydrogen-bond acceptors (Lipinski definition) is 4. The van der Waals surface area contributed by atoms with E-state index in [4.69, 9.17) is 9.52 Å². The molecule has 2 fully saturated rings. The third-order valence-electron chi connectivity index (χ3n) is 4.35. The van der Waals surface area contributed by atoms with Crippen LogP contribution in [-0.2, 0) is 16.1 Å². The number of hydrogen-bond donors (Lipinski definition) is 1. The van der Waals surface area contributed by atoms with E-state index in [1.165, 1.54) is 0 Å². The average Bonchev–Trinajstić information content (AvgIpc) is 3.20. The van der Waals surface area contributed by atoms with E-state index in [0.717, 1.165) is 12.2 Å². The van der Waals surface area contributed by atoms with Crippen molar-refractivity contribution in [3.63, 3.8) is 0 Å². The van der Waals surface area contributed by atoms with Gasteiger partial charge in [-0.15, -0.1) is 0 Å². The number of rotatable bonds is 4. The zero-order chi connectivity index (χ0) is 14.8. The highest BCUT2D eigenvalue weighted by Gasteiger charge is 2.38. The first-order valence-electron chi connectivity index (χ1n) is 7.37. The minimum Gasteiger partial charge on any atom is -0.467 e. The summed E-state index contributed by atoms with van der Waals surface area (Å²) in [5.74, 6) is 0.706. The molecular weight excluding hydrogens is 272 g/mol. The molecule has 1 N–H and O–H groups in total. The lowest BCUT2D eigenvalue weighted by molar-refractivity contribution is -0.135. The van der Waals surface area contributed by atoms with Gasteiger partial charge in [-0.25, -0.2) is 0 Å². The van der Waals surface area contributed by atoms with Crippen LogP contribution in [0.1, 0.15) is 18.6 Å². The molecule has 0 aliphatic carbocycles. The fourth-order valence-electron chi connectivity index (χ4n) is 3.12. The first-order chi connectivity index (χ1) is 10.2. The predicted molar refractivity (Wildman–Crippen MR) is 74.0 cm³/mol. The van der Waals surface area contributed by atoms with Crippen LogP contribution in [0.4, 0.5) is 0 Å². The molecule has 0 bridgehead atoms. The summed E-state index contributed by atoms with van der Waals surface area (Å²) in [6, 6.07) is 3.62. The van der Waals surface area contributed by atoms with Crippen LogP contribution in [0.3, 0.4) is 0 Å². The normalized spacial score (nSPS) is 25.9. The molecule has 2 saturated heterocycles. The third kappa shape index (κ3) is 2.95. The zero-order valence-corrected chi connectivity index (χ0v) is 11.9. The molecule has 114 valence electrons. The third-order valence-corrected chi connectivity index (χ3v) is 4.35. The smallest absolute Gasteiger partial charge is 0.228 e. The molecule has 1 aromatic heterocycles. The Hall–Kier alpha value is -1.82. The SMILES string of the molecule is O=C1CC(C(=O)N2CCC(CO)C2)CN1Cc1ccco1. The molecule has 3 rings (SSSR count). The fourth-order valence-corrected chi connectivity index (χ4v) is 3.12. The topological polar surface area (TPSA) is 74.0 Å². The van der Waals surface area contributed by atoms with Gasteiger partial charge in [-0.2, -0.15) is 0 Å². The van der Waals surface area contributed by atoms with Gasteiger partial charge in [0.15, 0.2) is 0 Å². The number of carbonyl (C=O) groups is 2. The predicted octanol–water partition coefficient (Wildman–Crippen LogP) is 0.469. The van der Waals surface area contributed by atoms with Gasteiger partial charge >= 0.3 is 0 Å². The van der Waals surface area contributed by atoms with Crippen molar-refractivity contribution >= 4 is 11.8 Å². The summed E-state index contributed by atoms with van der Waals surface area (Å²) in [6.07, 6.45) is 2.70. The Morgan fingerprint density at radius 3 is 2.95 bits per heavy atom. The van der Waals surface area contributed by atoms with Gasteiger partial charge in [0.2, 0.25) is 11.8 Å². The Morgan fingerprint density at radius 1 is 1.43 bits per heavy atom. The van der Waals surface area contributed by atoms with Gasteiger partial charge in [-0.3, -0.25) is 9.59 Å². The maximum absolute atomic E-state index is 12.4. The largest absolute Gasteiger partial charge is 0.467 e. The Bertz CT molecular complexity index is 514. The molecule has 2 amide bonds.